The number of hydrogen-bond acceptors (Lipinski definition) is 9. The van der Waals surface area contributed by atoms with Gasteiger partial charge in [0.25, 0.3) is 5.56 Å². The predicted octanol–water partition coefficient (Wildman–Crippen LogP) is 2.49. The van der Waals surface area contributed by atoms with Crippen molar-refractivity contribution in [1.29, 1.82) is 0 Å². The van der Waals surface area contributed by atoms with E-state index in [2.05, 4.69) is 4.98 Å². The maximum atomic E-state index is 14.0. The summed E-state index contributed by atoms with van der Waals surface area (Å²) in [6, 6.07) is 8.75. The van der Waals surface area contributed by atoms with E-state index in [0.29, 0.717) is 22.8 Å². The highest BCUT2D eigenvalue weighted by molar-refractivity contribution is 5.93. The third kappa shape index (κ3) is 4.10. The molecule has 3 heterocycles. The number of esters is 1. The molecule has 10 heteroatoms. The molecule has 36 heavy (non-hydrogen) atoms. The van der Waals surface area contributed by atoms with Gasteiger partial charge in [-0.3, -0.25) is 9.78 Å². The molecule has 0 spiro atoms. The number of nitrogens with zero attached hydrogens (tertiary/aromatic N) is 2. The molecule has 2 aromatic heterocycles. The Morgan fingerprint density at radius 1 is 1.11 bits per heavy atom. The topological polar surface area (TPSA) is 124 Å². The van der Waals surface area contributed by atoms with Crippen LogP contribution in [0.15, 0.2) is 59.0 Å². The van der Waals surface area contributed by atoms with E-state index < -0.39 is 11.9 Å². The van der Waals surface area contributed by atoms with Crippen LogP contribution in [-0.4, -0.2) is 44.0 Å². The Balaban J connectivity index is 2.03. The van der Waals surface area contributed by atoms with Gasteiger partial charge in [0.15, 0.2) is 11.5 Å². The van der Waals surface area contributed by atoms with Crippen LogP contribution < -0.4 is 30.2 Å². The van der Waals surface area contributed by atoms with Crippen LogP contribution in [0, 0.1) is 6.92 Å². The number of carbonyl (C=O) groups excluding carboxylic acids is 1. The van der Waals surface area contributed by atoms with Gasteiger partial charge < -0.3 is 34.0 Å². The van der Waals surface area contributed by atoms with Crippen LogP contribution in [0.2, 0.25) is 0 Å². The fourth-order valence-corrected chi connectivity index (χ4v) is 4.43. The minimum Gasteiger partial charge on any atom is -0.493 e. The Labute approximate surface area is 207 Å². The summed E-state index contributed by atoms with van der Waals surface area (Å²) in [5.74, 6) is -0.631. The van der Waals surface area contributed by atoms with Gasteiger partial charge in [-0.2, -0.15) is 0 Å². The van der Waals surface area contributed by atoms with Crippen molar-refractivity contribution in [2.75, 3.05) is 28.4 Å². The number of pyridine rings is 2. The van der Waals surface area contributed by atoms with Crippen LogP contribution in [0.1, 0.15) is 28.3 Å². The van der Waals surface area contributed by atoms with Crippen molar-refractivity contribution in [1.82, 2.24) is 9.55 Å². The predicted molar refractivity (Wildman–Crippen MR) is 131 cm³/mol. The third-order valence-electron chi connectivity index (χ3n) is 6.08. The first kappa shape index (κ1) is 24.6. The molecule has 0 saturated carbocycles. The number of nitrogens with two attached hydrogens (primary N) is 1. The standard InChI is InChI=1S/C26H27N3O7/c1-14-11-18-20(25(30)29(14)13-15-7-6-10-28-12-15)19(21(24(27)36-18)26(31)35-5)16-8-9-17(32-2)23(34-4)22(16)33-3/h6-12,19H,13,27H2,1-5H3/t19-/m1/s1. The zero-order chi connectivity index (χ0) is 26.0. The summed E-state index contributed by atoms with van der Waals surface area (Å²) in [4.78, 5) is 31.1. The zero-order valence-electron chi connectivity index (χ0n) is 20.7. The number of methoxy groups -OCH3 is 4. The molecule has 188 valence electrons. The van der Waals surface area contributed by atoms with Gasteiger partial charge in [0.1, 0.15) is 11.3 Å². The summed E-state index contributed by atoms with van der Waals surface area (Å²) >= 11 is 0. The summed E-state index contributed by atoms with van der Waals surface area (Å²) in [6.07, 6.45) is 3.35. The van der Waals surface area contributed by atoms with Crippen LogP contribution in [0.5, 0.6) is 23.0 Å². The molecular formula is C26H27N3O7. The van der Waals surface area contributed by atoms with Crippen molar-refractivity contribution >= 4 is 5.97 Å². The second-order valence-corrected chi connectivity index (χ2v) is 8.04. The minimum absolute atomic E-state index is 0.0237. The second-order valence-electron chi connectivity index (χ2n) is 8.04. The normalized spacial score (nSPS) is 14.5. The van der Waals surface area contributed by atoms with E-state index in [1.165, 1.54) is 28.4 Å². The molecule has 1 aliphatic rings. The molecule has 4 rings (SSSR count). The molecule has 0 amide bonds. The van der Waals surface area contributed by atoms with Gasteiger partial charge in [-0.25, -0.2) is 4.79 Å². The first-order valence-corrected chi connectivity index (χ1v) is 11.0. The van der Waals surface area contributed by atoms with Gasteiger partial charge in [-0.15, -0.1) is 0 Å². The average Bonchev–Trinajstić information content (AvgIpc) is 2.89. The molecule has 0 radical (unpaired) electrons. The van der Waals surface area contributed by atoms with Crippen LogP contribution in [0.4, 0.5) is 0 Å². The SMILES string of the molecule is COC(=O)C1=C(N)Oc2cc(C)n(Cc3cccnc3)c(=O)c2[C@H]1c1ccc(OC)c(OC)c1OC. The molecular weight excluding hydrogens is 466 g/mol. The zero-order valence-corrected chi connectivity index (χ0v) is 20.7. The molecule has 2 N–H and O–H groups in total. The number of benzene rings is 1. The summed E-state index contributed by atoms with van der Waals surface area (Å²) in [5, 5.41) is 0. The Morgan fingerprint density at radius 2 is 1.86 bits per heavy atom. The number of carbonyl (C=O) groups is 1. The monoisotopic (exact) mass is 493 g/mol. The van der Waals surface area contributed by atoms with Crippen LogP contribution in [0.3, 0.4) is 0 Å². The lowest BCUT2D eigenvalue weighted by Gasteiger charge is -2.30. The van der Waals surface area contributed by atoms with Crippen LogP contribution in [0.25, 0.3) is 0 Å². The Morgan fingerprint density at radius 3 is 2.47 bits per heavy atom. The highest BCUT2D eigenvalue weighted by Crippen LogP contribution is 2.49. The molecule has 0 unspecified atom stereocenters. The summed E-state index contributed by atoms with van der Waals surface area (Å²) in [7, 11) is 5.66. The largest absolute Gasteiger partial charge is 0.493 e. The summed E-state index contributed by atoms with van der Waals surface area (Å²) in [6.45, 7) is 2.07. The third-order valence-corrected chi connectivity index (χ3v) is 6.08. The highest BCUT2D eigenvalue weighted by atomic mass is 16.5. The van der Waals surface area contributed by atoms with E-state index in [9.17, 15) is 9.59 Å². The number of fused-ring (bicyclic) bond motifs is 1. The molecule has 10 nitrogen and oxygen atoms in total. The van der Waals surface area contributed by atoms with Crippen molar-refractivity contribution in [2.24, 2.45) is 5.73 Å². The van der Waals surface area contributed by atoms with Crippen molar-refractivity contribution in [3.05, 3.63) is 86.9 Å². The molecule has 3 aromatic rings. The van der Waals surface area contributed by atoms with Crippen molar-refractivity contribution in [3.8, 4) is 23.0 Å². The number of aryl methyl sites for hydroxylation is 1. The average molecular weight is 494 g/mol. The van der Waals surface area contributed by atoms with E-state index in [4.69, 9.17) is 29.4 Å². The van der Waals surface area contributed by atoms with Crippen molar-refractivity contribution in [3.63, 3.8) is 0 Å². The van der Waals surface area contributed by atoms with Crippen LogP contribution >= 0.6 is 0 Å². The molecule has 0 fully saturated rings. The van der Waals surface area contributed by atoms with Gasteiger partial charge in [0.05, 0.1) is 46.5 Å². The van der Waals surface area contributed by atoms with E-state index >= 15 is 0 Å². The maximum Gasteiger partial charge on any atom is 0.340 e. The summed E-state index contributed by atoms with van der Waals surface area (Å²) in [5.41, 5.74) is 7.99. The minimum atomic E-state index is -0.968. The molecule has 1 aliphatic heterocycles. The molecule has 0 aliphatic carbocycles. The van der Waals surface area contributed by atoms with Crippen molar-refractivity contribution in [2.45, 2.75) is 19.4 Å². The molecule has 0 bridgehead atoms. The second kappa shape index (κ2) is 10.0. The van der Waals surface area contributed by atoms with Gasteiger partial charge >= 0.3 is 5.97 Å². The number of rotatable bonds is 7. The van der Waals surface area contributed by atoms with Crippen molar-refractivity contribution < 1.29 is 28.5 Å². The van der Waals surface area contributed by atoms with Gasteiger partial charge in [0.2, 0.25) is 11.6 Å². The summed E-state index contributed by atoms with van der Waals surface area (Å²) < 4.78 is 29.0. The Bertz CT molecular complexity index is 1400. The van der Waals surface area contributed by atoms with E-state index in [-0.39, 0.29) is 40.6 Å². The van der Waals surface area contributed by atoms with E-state index in [0.717, 1.165) is 5.56 Å². The molecule has 1 atom stereocenters. The number of hydrogen-bond donors (Lipinski definition) is 1. The van der Waals surface area contributed by atoms with E-state index in [1.807, 2.05) is 6.07 Å². The Hall–Kier alpha value is -4.47. The lowest BCUT2D eigenvalue weighted by atomic mass is 9.82. The first-order valence-electron chi connectivity index (χ1n) is 11.0. The lowest BCUT2D eigenvalue weighted by Crippen LogP contribution is -2.35. The fraction of sp³-hybridized carbons (Fsp3) is 0.269. The first-order chi connectivity index (χ1) is 17.4. The van der Waals surface area contributed by atoms with Gasteiger partial charge in [-0.1, -0.05) is 12.1 Å². The number of aromatic nitrogens is 2. The Kier molecular flexibility index (Phi) is 6.86. The maximum absolute atomic E-state index is 14.0. The van der Waals surface area contributed by atoms with Gasteiger partial charge in [0, 0.05) is 29.7 Å². The highest BCUT2D eigenvalue weighted by Gasteiger charge is 2.40. The number of ether oxygens (including phenoxy) is 5. The lowest BCUT2D eigenvalue weighted by molar-refractivity contribution is -0.136. The fourth-order valence-electron chi connectivity index (χ4n) is 4.43. The molecule has 1 aromatic carbocycles. The van der Waals surface area contributed by atoms with E-state index in [1.54, 1.807) is 48.1 Å². The van der Waals surface area contributed by atoms with Gasteiger partial charge in [-0.05, 0) is 24.6 Å². The quantitative estimate of drug-likeness (QED) is 0.494. The smallest absolute Gasteiger partial charge is 0.340 e. The molecule has 0 saturated heterocycles. The van der Waals surface area contributed by atoms with Crippen LogP contribution in [-0.2, 0) is 16.1 Å².